The Morgan fingerprint density at radius 2 is 0.680 bits per heavy atom. The zero-order valence-corrected chi connectivity index (χ0v) is 77.4. The topological polar surface area (TPSA) is 210 Å². The largest absolute Gasteiger partial charge is 0.437 e. The SMILES string of the molecule is Cc1ccc2c(n1)oc1c(-c3cc(-c4ccc(C(C)C)cc4)cc[n+]3C)c(C)ccc12.Cc1ccc2c(n1)oc1c(-c3cc(-c4ccccn4)cc[n+]3C)c(C)ccc12.Cc1ccc2c(n1)oc1c(-c3cc(-c4nc(C(C)C)nc(C(C)C)n4)cc[n+]3C)c(C)ccc12.[2H]C(C)(C)c1nc(-c2ccc(-c3c(C)ccc4c3oc3nc(C)ccc34)[n+](C)c2)nc(C(C)(C)C)n1. The summed E-state index contributed by atoms with van der Waals surface area (Å²) in [6.45, 7) is 39.1. The molecule has 20 rings (SSSR count). The summed E-state index contributed by atoms with van der Waals surface area (Å²) in [5, 5.41) is 8.47. The van der Waals surface area contributed by atoms with E-state index < -0.39 is 5.89 Å². The summed E-state index contributed by atoms with van der Waals surface area (Å²) in [4.78, 5) is 51.3. The molecule has 0 saturated heterocycles. The second-order valence-corrected chi connectivity index (χ2v) is 36.0. The Hall–Kier alpha value is -14.3. The highest BCUT2D eigenvalue weighted by atomic mass is 16.4. The zero-order valence-electron chi connectivity index (χ0n) is 78.4. The third kappa shape index (κ3) is 16.8. The molecule has 0 atom stereocenters. The lowest BCUT2D eigenvalue weighted by molar-refractivity contribution is -0.660. The highest BCUT2D eigenvalue weighted by molar-refractivity contribution is 6.12. The lowest BCUT2D eigenvalue weighted by Crippen LogP contribution is -2.31. The van der Waals surface area contributed by atoms with E-state index in [1.165, 1.54) is 22.3 Å². The maximum atomic E-state index is 8.51. The third-order valence-corrected chi connectivity index (χ3v) is 23.9. The fourth-order valence-electron chi connectivity index (χ4n) is 16.6. The van der Waals surface area contributed by atoms with Crippen LogP contribution in [0.3, 0.4) is 0 Å². The Bertz CT molecular complexity index is 7720. The molecule has 15 aromatic heterocycles. The van der Waals surface area contributed by atoms with Gasteiger partial charge < -0.3 is 17.7 Å². The van der Waals surface area contributed by atoms with Gasteiger partial charge in [-0.25, -0.2) is 68.1 Å². The second kappa shape index (κ2) is 34.5. The number of rotatable bonds is 12. The molecule has 0 N–H and O–H groups in total. The summed E-state index contributed by atoms with van der Waals surface area (Å²) in [5.74, 6) is 4.11. The first-order valence-electron chi connectivity index (χ1n) is 44.3. The van der Waals surface area contributed by atoms with Crippen LogP contribution in [0.5, 0.6) is 0 Å². The molecule has 5 aromatic carbocycles. The molecule has 0 aliphatic heterocycles. The quantitative estimate of drug-likeness (QED) is 0.104. The number of hydrogen-bond donors (Lipinski definition) is 0. The standard InChI is InChI=1S/C29H32N5O.C28H30N5O.C28H27N2O.C24H20N3O/c1-16(2)25-31-26(33-28(32-25)29(5,6)7)19-11-14-22(34(8)15-19)23-17(3)9-12-20-21-13-10-18(4)30-27(21)35-24(20)23;1-15(2)25-30-26(16(3)4)32-27(31-25)19-12-13-33(7)22(14-19)23-17(5)8-10-20-21-11-9-18(6)29-28(21)34-24(20)23;1-17(2)20-8-10-21(11-9-20)22-14-15-30(5)25(16-22)26-18(3)6-12-23-24-13-7-19(4)29-28(24)31-27(23)26;1-15-7-9-18-19-10-8-16(2)26-24(19)28-23(18)22(15)21-14-17(11-13-27(21)3)20-6-4-5-12-25-20/h9-16H,1-8H3;8-16H,1-7H3;6-17H,1-5H3;4-14H,1-3H3/q4*+1/i16D;;;. The maximum Gasteiger partial charge on any atom is 0.227 e. The number of fused-ring (bicyclic) bond motifs is 12. The average molecular weight is 1690 g/mol. The van der Waals surface area contributed by atoms with Gasteiger partial charge in [0.1, 0.15) is 51.5 Å². The van der Waals surface area contributed by atoms with Crippen molar-refractivity contribution in [1.29, 1.82) is 0 Å². The Kier molecular flexibility index (Phi) is 22.8. The van der Waals surface area contributed by atoms with Gasteiger partial charge in [-0.3, -0.25) is 4.98 Å². The van der Waals surface area contributed by atoms with Crippen molar-refractivity contribution in [3.63, 3.8) is 0 Å². The summed E-state index contributed by atoms with van der Waals surface area (Å²) in [7, 11) is 8.21. The van der Waals surface area contributed by atoms with E-state index in [0.29, 0.717) is 52.1 Å². The predicted octanol–water partition coefficient (Wildman–Crippen LogP) is 24.6. The highest BCUT2D eigenvalue weighted by Gasteiger charge is 2.30. The molecule has 19 heteroatoms. The van der Waals surface area contributed by atoms with Crippen molar-refractivity contribution in [2.24, 2.45) is 28.2 Å². The first kappa shape index (κ1) is 84.5. The number of nitrogens with zero attached hydrogens (tertiary/aromatic N) is 15. The number of aromatic nitrogens is 15. The van der Waals surface area contributed by atoms with E-state index in [2.05, 4.69) is 322 Å². The summed E-state index contributed by atoms with van der Waals surface area (Å²) in [5.41, 5.74) is 30.5. The van der Waals surface area contributed by atoms with Crippen LogP contribution < -0.4 is 18.3 Å². The second-order valence-electron chi connectivity index (χ2n) is 36.0. The number of furan rings is 4. The molecular formula is C109H109N15O4+4. The first-order chi connectivity index (χ1) is 61.6. The Balaban J connectivity index is 0.000000121. The van der Waals surface area contributed by atoms with Crippen LogP contribution in [0, 0.1) is 55.4 Å². The van der Waals surface area contributed by atoms with Crippen LogP contribution in [0.1, 0.15) is 175 Å². The van der Waals surface area contributed by atoms with Gasteiger partial charge in [0, 0.05) is 150 Å². The van der Waals surface area contributed by atoms with E-state index in [9.17, 15) is 0 Å². The minimum atomic E-state index is -0.930. The van der Waals surface area contributed by atoms with Gasteiger partial charge in [0.15, 0.2) is 58.8 Å². The van der Waals surface area contributed by atoms with Gasteiger partial charge in [0.05, 0.1) is 33.5 Å². The Morgan fingerprint density at radius 1 is 0.312 bits per heavy atom. The van der Waals surface area contributed by atoms with Crippen LogP contribution in [-0.4, -0.2) is 54.8 Å². The fourth-order valence-corrected chi connectivity index (χ4v) is 16.6. The van der Waals surface area contributed by atoms with Gasteiger partial charge in [0.25, 0.3) is 0 Å². The molecule has 0 saturated carbocycles. The molecular weight excluding hydrogens is 1580 g/mol. The Morgan fingerprint density at radius 3 is 1.06 bits per heavy atom. The molecule has 0 radical (unpaired) electrons. The minimum Gasteiger partial charge on any atom is -0.437 e. The monoisotopic (exact) mass is 1690 g/mol. The molecule has 0 aliphatic rings. The van der Waals surface area contributed by atoms with Gasteiger partial charge in [-0.05, 0) is 167 Å². The minimum absolute atomic E-state index is 0.223. The number of benzene rings is 5. The molecule has 0 bridgehead atoms. The van der Waals surface area contributed by atoms with Crippen molar-refractivity contribution in [1.82, 2.24) is 54.8 Å². The number of aryl methyl sites for hydroxylation is 12. The van der Waals surface area contributed by atoms with E-state index in [4.69, 9.17) is 39.0 Å². The normalized spacial score (nSPS) is 12.0. The van der Waals surface area contributed by atoms with Crippen molar-refractivity contribution < 1.29 is 37.3 Å². The van der Waals surface area contributed by atoms with E-state index in [0.717, 1.165) is 184 Å². The Labute approximate surface area is 747 Å². The summed E-state index contributed by atoms with van der Waals surface area (Å²) in [6, 6.07) is 65.4. The van der Waals surface area contributed by atoms with Gasteiger partial charge in [-0.1, -0.05) is 155 Å². The van der Waals surface area contributed by atoms with Gasteiger partial charge in [-0.15, -0.1) is 0 Å². The maximum absolute atomic E-state index is 8.51. The lowest BCUT2D eigenvalue weighted by atomic mass is 9.95. The fraction of sp³-hybridized carbons (Fsp3) is 0.257. The van der Waals surface area contributed by atoms with E-state index in [-0.39, 0.29) is 17.3 Å². The van der Waals surface area contributed by atoms with Gasteiger partial charge >= 0.3 is 0 Å². The molecule has 0 amide bonds. The van der Waals surface area contributed by atoms with Crippen LogP contribution in [-0.2, 0) is 33.6 Å². The van der Waals surface area contributed by atoms with Crippen LogP contribution in [0.25, 0.3) is 178 Å². The average Bonchev–Trinajstić information content (AvgIpc) is 1.59. The van der Waals surface area contributed by atoms with Crippen molar-refractivity contribution in [3.05, 3.63) is 293 Å². The molecule has 0 fully saturated rings. The van der Waals surface area contributed by atoms with Gasteiger partial charge in [0.2, 0.25) is 45.6 Å². The molecule has 128 heavy (non-hydrogen) atoms. The van der Waals surface area contributed by atoms with Crippen molar-refractivity contribution in [2.45, 2.75) is 161 Å². The molecule has 640 valence electrons. The molecule has 20 aromatic rings. The van der Waals surface area contributed by atoms with Crippen LogP contribution in [0.4, 0.5) is 0 Å². The van der Waals surface area contributed by atoms with Gasteiger partial charge in [-0.2, -0.15) is 0 Å². The molecule has 15 heterocycles. The molecule has 0 spiro atoms. The van der Waals surface area contributed by atoms with Crippen LogP contribution >= 0.6 is 0 Å². The summed E-state index contributed by atoms with van der Waals surface area (Å²) < 4.78 is 42.2. The molecule has 19 nitrogen and oxygen atoms in total. The van der Waals surface area contributed by atoms with E-state index in [1.54, 1.807) is 13.8 Å². The van der Waals surface area contributed by atoms with Crippen molar-refractivity contribution >= 4 is 88.3 Å². The van der Waals surface area contributed by atoms with Crippen LogP contribution in [0.2, 0.25) is 0 Å². The number of hydrogen-bond acceptors (Lipinski definition) is 15. The van der Waals surface area contributed by atoms with Crippen molar-refractivity contribution in [3.8, 4) is 90.2 Å². The van der Waals surface area contributed by atoms with Crippen LogP contribution in [0.15, 0.2) is 237 Å². The smallest absolute Gasteiger partial charge is 0.227 e. The third-order valence-electron chi connectivity index (χ3n) is 23.9. The number of pyridine rings is 9. The highest BCUT2D eigenvalue weighted by Crippen LogP contribution is 2.43. The first-order valence-corrected chi connectivity index (χ1v) is 43.8. The molecule has 0 unspecified atom stereocenters. The predicted molar refractivity (Wildman–Crippen MR) is 512 cm³/mol. The zero-order chi connectivity index (χ0) is 91.1. The van der Waals surface area contributed by atoms with Crippen molar-refractivity contribution in [2.75, 3.05) is 0 Å². The lowest BCUT2D eigenvalue weighted by Gasteiger charge is -2.18. The van der Waals surface area contributed by atoms with E-state index in [1.807, 2.05) is 95.7 Å². The van der Waals surface area contributed by atoms with E-state index >= 15 is 0 Å². The molecule has 0 aliphatic carbocycles. The summed E-state index contributed by atoms with van der Waals surface area (Å²) >= 11 is 0. The summed E-state index contributed by atoms with van der Waals surface area (Å²) in [6.07, 6.45) is 10.1.